The summed E-state index contributed by atoms with van der Waals surface area (Å²) in [5.41, 5.74) is 2.61. The zero-order valence-electron chi connectivity index (χ0n) is 26.6. The first-order valence-corrected chi connectivity index (χ1v) is 16.0. The van der Waals surface area contributed by atoms with Gasteiger partial charge in [0.25, 0.3) is 10.0 Å². The zero-order valence-corrected chi connectivity index (χ0v) is 27.4. The minimum absolute atomic E-state index is 0.00664. The third kappa shape index (κ3) is 7.97. The van der Waals surface area contributed by atoms with Crippen molar-refractivity contribution in [3.05, 3.63) is 114 Å². The summed E-state index contributed by atoms with van der Waals surface area (Å²) in [4.78, 5) is 29.4. The summed E-state index contributed by atoms with van der Waals surface area (Å²) in [5, 5.41) is 2.68. The van der Waals surface area contributed by atoms with E-state index in [1.54, 1.807) is 49.6 Å². The van der Waals surface area contributed by atoms with E-state index in [-0.39, 0.29) is 35.2 Å². The molecule has 0 saturated heterocycles. The van der Waals surface area contributed by atoms with Crippen molar-refractivity contribution in [2.75, 3.05) is 39.2 Å². The molecule has 0 bridgehead atoms. The molecule has 2 amide bonds. The third-order valence-electron chi connectivity index (χ3n) is 7.55. The van der Waals surface area contributed by atoms with Gasteiger partial charge in [0.1, 0.15) is 18.3 Å². The van der Waals surface area contributed by atoms with Gasteiger partial charge in [-0.3, -0.25) is 13.9 Å². The molecule has 242 valence electrons. The van der Waals surface area contributed by atoms with Crippen molar-refractivity contribution in [3.63, 3.8) is 0 Å². The Kier molecular flexibility index (Phi) is 11.3. The molecule has 0 aliphatic rings. The fourth-order valence-corrected chi connectivity index (χ4v) is 6.44. The molecule has 1 N–H and O–H groups in total. The monoisotopic (exact) mass is 645 g/mol. The van der Waals surface area contributed by atoms with Crippen LogP contribution in [0.15, 0.2) is 102 Å². The number of nitrogens with one attached hydrogen (secondary N) is 1. The minimum atomic E-state index is -4.27. The van der Waals surface area contributed by atoms with Crippen LogP contribution >= 0.6 is 0 Å². The van der Waals surface area contributed by atoms with Crippen molar-refractivity contribution < 1.29 is 32.2 Å². The Balaban J connectivity index is 1.83. The van der Waals surface area contributed by atoms with Crippen LogP contribution in [0.1, 0.15) is 16.7 Å². The zero-order chi connectivity index (χ0) is 33.3. The number of carbonyl (C=O) groups excluding carboxylic acids is 2. The Morgan fingerprint density at radius 2 is 1.46 bits per heavy atom. The SMILES string of the molecule is CNC(=O)C(Cc1ccccc1)N(Cc1cccc(OC)c1)C(=O)CN(c1ccc(OC)c(OC)c1)S(=O)(=O)c1ccc(C)cc1. The van der Waals surface area contributed by atoms with Crippen molar-refractivity contribution in [3.8, 4) is 17.2 Å². The second-order valence-corrected chi connectivity index (χ2v) is 12.4. The van der Waals surface area contributed by atoms with E-state index in [9.17, 15) is 18.0 Å². The molecule has 0 aliphatic carbocycles. The number of hydrogen-bond acceptors (Lipinski definition) is 7. The van der Waals surface area contributed by atoms with Gasteiger partial charge in [0.2, 0.25) is 11.8 Å². The van der Waals surface area contributed by atoms with Gasteiger partial charge in [0.05, 0.1) is 31.9 Å². The van der Waals surface area contributed by atoms with Gasteiger partial charge >= 0.3 is 0 Å². The number of rotatable bonds is 14. The summed E-state index contributed by atoms with van der Waals surface area (Å²) >= 11 is 0. The normalized spacial score (nSPS) is 11.7. The topological polar surface area (TPSA) is 114 Å². The summed E-state index contributed by atoms with van der Waals surface area (Å²) in [7, 11) is 1.70. The molecule has 4 aromatic carbocycles. The smallest absolute Gasteiger partial charge is 0.264 e. The van der Waals surface area contributed by atoms with Crippen LogP contribution in [-0.2, 0) is 32.6 Å². The molecule has 0 radical (unpaired) electrons. The second-order valence-electron chi connectivity index (χ2n) is 10.6. The predicted octanol–water partition coefficient (Wildman–Crippen LogP) is 4.60. The summed E-state index contributed by atoms with van der Waals surface area (Å²) in [5.74, 6) is 0.292. The molecular formula is C35H39N3O7S. The molecule has 0 spiro atoms. The van der Waals surface area contributed by atoms with Gasteiger partial charge in [-0.1, -0.05) is 60.2 Å². The van der Waals surface area contributed by atoms with Gasteiger partial charge in [-0.05, 0) is 54.4 Å². The molecule has 1 unspecified atom stereocenters. The fraction of sp³-hybridized carbons (Fsp3) is 0.257. The van der Waals surface area contributed by atoms with E-state index < -0.39 is 28.5 Å². The Bertz CT molecular complexity index is 1750. The molecule has 11 heteroatoms. The maximum absolute atomic E-state index is 14.5. The second kappa shape index (κ2) is 15.3. The van der Waals surface area contributed by atoms with E-state index in [0.717, 1.165) is 15.4 Å². The summed E-state index contributed by atoms with van der Waals surface area (Å²) in [6.45, 7) is 1.28. The first-order valence-electron chi connectivity index (χ1n) is 14.6. The van der Waals surface area contributed by atoms with E-state index in [1.165, 1.54) is 44.4 Å². The van der Waals surface area contributed by atoms with Gasteiger partial charge in [-0.15, -0.1) is 0 Å². The number of amides is 2. The molecular weight excluding hydrogens is 606 g/mol. The van der Waals surface area contributed by atoms with Gasteiger partial charge in [0.15, 0.2) is 11.5 Å². The van der Waals surface area contributed by atoms with Crippen LogP contribution in [0.2, 0.25) is 0 Å². The lowest BCUT2D eigenvalue weighted by Gasteiger charge is -2.33. The van der Waals surface area contributed by atoms with Crippen molar-refractivity contribution in [1.29, 1.82) is 0 Å². The van der Waals surface area contributed by atoms with Crippen LogP contribution < -0.4 is 23.8 Å². The molecule has 4 rings (SSSR count). The predicted molar refractivity (Wildman–Crippen MR) is 177 cm³/mol. The number of ether oxygens (including phenoxy) is 3. The van der Waals surface area contributed by atoms with Crippen LogP contribution in [0.4, 0.5) is 5.69 Å². The molecule has 0 fully saturated rings. The fourth-order valence-electron chi connectivity index (χ4n) is 5.03. The molecule has 0 aromatic heterocycles. The number of methoxy groups -OCH3 is 3. The van der Waals surface area contributed by atoms with Gasteiger partial charge in [-0.2, -0.15) is 0 Å². The average molecular weight is 646 g/mol. The Hall–Kier alpha value is -5.03. The number of sulfonamides is 1. The van der Waals surface area contributed by atoms with Crippen LogP contribution in [0.3, 0.4) is 0 Å². The van der Waals surface area contributed by atoms with E-state index in [1.807, 2.05) is 43.3 Å². The van der Waals surface area contributed by atoms with Crippen molar-refractivity contribution in [2.45, 2.75) is 30.8 Å². The number of likely N-dealkylation sites (N-methyl/N-ethyl adjacent to an activating group) is 1. The van der Waals surface area contributed by atoms with E-state index in [4.69, 9.17) is 14.2 Å². The van der Waals surface area contributed by atoms with Crippen molar-refractivity contribution in [2.24, 2.45) is 0 Å². The quantitative estimate of drug-likeness (QED) is 0.213. The van der Waals surface area contributed by atoms with Crippen LogP contribution in [0, 0.1) is 6.92 Å². The third-order valence-corrected chi connectivity index (χ3v) is 9.34. The summed E-state index contributed by atoms with van der Waals surface area (Å²) in [6.07, 6.45) is 0.206. The highest BCUT2D eigenvalue weighted by atomic mass is 32.2. The van der Waals surface area contributed by atoms with Crippen LogP contribution in [0.5, 0.6) is 17.2 Å². The Morgan fingerprint density at radius 1 is 0.783 bits per heavy atom. The first-order chi connectivity index (χ1) is 22.1. The number of nitrogens with zero attached hydrogens (tertiary/aromatic N) is 2. The lowest BCUT2D eigenvalue weighted by molar-refractivity contribution is -0.139. The number of benzene rings is 4. The van der Waals surface area contributed by atoms with Gasteiger partial charge in [0, 0.05) is 26.1 Å². The van der Waals surface area contributed by atoms with Crippen LogP contribution in [0.25, 0.3) is 0 Å². The molecule has 1 atom stereocenters. The lowest BCUT2D eigenvalue weighted by atomic mass is 10.0. The van der Waals surface area contributed by atoms with Crippen molar-refractivity contribution in [1.82, 2.24) is 10.2 Å². The maximum Gasteiger partial charge on any atom is 0.264 e. The van der Waals surface area contributed by atoms with Crippen LogP contribution in [-0.4, -0.2) is 66.1 Å². The number of hydrogen-bond donors (Lipinski definition) is 1. The Morgan fingerprint density at radius 3 is 2.09 bits per heavy atom. The molecule has 10 nitrogen and oxygen atoms in total. The Labute approximate surface area is 270 Å². The minimum Gasteiger partial charge on any atom is -0.497 e. The number of anilines is 1. The summed E-state index contributed by atoms with van der Waals surface area (Å²) in [6, 6.07) is 26.6. The largest absolute Gasteiger partial charge is 0.497 e. The highest BCUT2D eigenvalue weighted by Crippen LogP contribution is 2.34. The van der Waals surface area contributed by atoms with Gasteiger partial charge < -0.3 is 24.4 Å². The van der Waals surface area contributed by atoms with E-state index >= 15 is 0 Å². The molecule has 0 saturated carbocycles. The number of carbonyl (C=O) groups is 2. The summed E-state index contributed by atoms with van der Waals surface area (Å²) < 4.78 is 45.7. The molecule has 4 aromatic rings. The molecule has 0 heterocycles. The average Bonchev–Trinajstić information content (AvgIpc) is 3.08. The van der Waals surface area contributed by atoms with Gasteiger partial charge in [-0.25, -0.2) is 8.42 Å². The first kappa shape index (κ1) is 33.9. The number of aryl methyl sites for hydroxylation is 1. The lowest BCUT2D eigenvalue weighted by Crippen LogP contribution is -2.53. The highest BCUT2D eigenvalue weighted by Gasteiger charge is 2.34. The highest BCUT2D eigenvalue weighted by molar-refractivity contribution is 7.92. The van der Waals surface area contributed by atoms with Crippen molar-refractivity contribution >= 4 is 27.5 Å². The van der Waals surface area contributed by atoms with E-state index in [2.05, 4.69) is 5.32 Å². The molecule has 46 heavy (non-hydrogen) atoms. The molecule has 0 aliphatic heterocycles. The standard InChI is InChI=1S/C35H39N3O7S/c1-25-14-17-30(18-15-25)46(41,42)38(28-16-19-32(44-4)33(22-28)45-5)24-34(39)37(23-27-12-9-13-29(20-27)43-3)31(35(40)36-2)21-26-10-7-6-8-11-26/h6-20,22,31H,21,23-24H2,1-5H3,(H,36,40). The maximum atomic E-state index is 14.5. The van der Waals surface area contributed by atoms with E-state index in [0.29, 0.717) is 17.1 Å².